The van der Waals surface area contributed by atoms with Crippen LogP contribution in [-0.4, -0.2) is 45.8 Å². The Morgan fingerprint density at radius 1 is 1.56 bits per heavy atom. The van der Waals surface area contributed by atoms with E-state index < -0.39 is 6.10 Å². The average Bonchev–Trinajstić information content (AvgIpc) is 2.81. The quantitative estimate of drug-likeness (QED) is 0.858. The first-order valence-corrected chi connectivity index (χ1v) is 5.94. The fraction of sp³-hybridized carbons (Fsp3) is 0.385. The Balaban J connectivity index is 2.12. The number of aliphatic hydroxyl groups is 1. The Morgan fingerprint density at radius 3 is 3.06 bits per heavy atom. The van der Waals surface area contributed by atoms with Crippen molar-refractivity contribution in [2.24, 2.45) is 0 Å². The Bertz CT molecular complexity index is 548. The van der Waals surface area contributed by atoms with E-state index in [-0.39, 0.29) is 5.91 Å². The van der Waals surface area contributed by atoms with Crippen molar-refractivity contribution in [3.8, 4) is 0 Å². The summed E-state index contributed by atoms with van der Waals surface area (Å²) in [6.07, 6.45) is 1.91. The van der Waals surface area contributed by atoms with Gasteiger partial charge in [-0.25, -0.2) is 0 Å². The van der Waals surface area contributed by atoms with Gasteiger partial charge in [0.1, 0.15) is 0 Å². The third-order valence-corrected chi connectivity index (χ3v) is 2.92. The van der Waals surface area contributed by atoms with E-state index >= 15 is 0 Å². The molecule has 1 atom stereocenters. The summed E-state index contributed by atoms with van der Waals surface area (Å²) in [4.78, 5) is 13.7. The van der Waals surface area contributed by atoms with Crippen molar-refractivity contribution in [2.75, 3.05) is 13.6 Å². The highest BCUT2D eigenvalue weighted by Crippen LogP contribution is 2.14. The molecule has 0 saturated heterocycles. The molecule has 1 aromatic heterocycles. The number of carbonyl (C=O) groups excluding carboxylic acids is 1. The highest BCUT2D eigenvalue weighted by Gasteiger charge is 2.12. The van der Waals surface area contributed by atoms with Gasteiger partial charge in [0.05, 0.1) is 17.8 Å². The summed E-state index contributed by atoms with van der Waals surface area (Å²) in [5.74, 6) is -0.0489. The molecule has 5 nitrogen and oxygen atoms in total. The van der Waals surface area contributed by atoms with Gasteiger partial charge in [0, 0.05) is 24.5 Å². The molecular weight excluding hydrogens is 230 g/mol. The second-order valence-electron chi connectivity index (χ2n) is 4.54. The van der Waals surface area contributed by atoms with Gasteiger partial charge in [-0.3, -0.25) is 9.89 Å². The van der Waals surface area contributed by atoms with Gasteiger partial charge in [-0.15, -0.1) is 0 Å². The van der Waals surface area contributed by atoms with E-state index in [1.807, 2.05) is 6.07 Å². The monoisotopic (exact) mass is 247 g/mol. The lowest BCUT2D eigenvalue weighted by atomic mass is 10.1. The smallest absolute Gasteiger partial charge is 0.253 e. The van der Waals surface area contributed by atoms with Crippen LogP contribution in [0.25, 0.3) is 10.9 Å². The minimum absolute atomic E-state index is 0.0489. The van der Waals surface area contributed by atoms with E-state index in [2.05, 4.69) is 10.2 Å². The third kappa shape index (κ3) is 2.68. The lowest BCUT2D eigenvalue weighted by molar-refractivity contribution is 0.0769. The van der Waals surface area contributed by atoms with Crippen molar-refractivity contribution in [1.82, 2.24) is 15.1 Å². The molecule has 0 saturated carbocycles. The Kier molecular flexibility index (Phi) is 3.62. The van der Waals surface area contributed by atoms with E-state index in [9.17, 15) is 9.90 Å². The molecule has 1 unspecified atom stereocenters. The highest BCUT2D eigenvalue weighted by molar-refractivity contribution is 5.97. The molecule has 1 amide bonds. The van der Waals surface area contributed by atoms with Crippen molar-refractivity contribution in [2.45, 2.75) is 19.4 Å². The molecule has 0 aliphatic carbocycles. The van der Waals surface area contributed by atoms with Crippen molar-refractivity contribution in [1.29, 1.82) is 0 Å². The number of amides is 1. The van der Waals surface area contributed by atoms with Gasteiger partial charge in [0.25, 0.3) is 5.91 Å². The van der Waals surface area contributed by atoms with Crippen LogP contribution in [0.5, 0.6) is 0 Å². The predicted octanol–water partition coefficient (Wildman–Crippen LogP) is 1.41. The molecule has 2 aromatic rings. The second-order valence-corrected chi connectivity index (χ2v) is 4.54. The van der Waals surface area contributed by atoms with Crippen LogP contribution in [0, 0.1) is 0 Å². The summed E-state index contributed by atoms with van der Waals surface area (Å²) in [5.41, 5.74) is 1.48. The number of benzene rings is 1. The molecule has 18 heavy (non-hydrogen) atoms. The number of hydrogen-bond acceptors (Lipinski definition) is 3. The summed E-state index contributed by atoms with van der Waals surface area (Å²) >= 11 is 0. The number of nitrogens with one attached hydrogen (secondary N) is 1. The number of fused-ring (bicyclic) bond motifs is 1. The summed E-state index contributed by atoms with van der Waals surface area (Å²) in [7, 11) is 1.74. The van der Waals surface area contributed by atoms with Gasteiger partial charge < -0.3 is 10.0 Å². The van der Waals surface area contributed by atoms with Crippen LogP contribution in [0.1, 0.15) is 23.7 Å². The molecule has 2 rings (SSSR count). The number of aromatic amines is 1. The second kappa shape index (κ2) is 5.18. The molecule has 0 spiro atoms. The van der Waals surface area contributed by atoms with Crippen LogP contribution in [0.15, 0.2) is 24.4 Å². The molecule has 0 bridgehead atoms. The third-order valence-electron chi connectivity index (χ3n) is 2.92. The van der Waals surface area contributed by atoms with Crippen LogP contribution >= 0.6 is 0 Å². The van der Waals surface area contributed by atoms with Gasteiger partial charge in [0.2, 0.25) is 0 Å². The zero-order chi connectivity index (χ0) is 13.1. The maximum Gasteiger partial charge on any atom is 0.253 e. The molecule has 2 N–H and O–H groups in total. The number of carbonyl (C=O) groups is 1. The number of H-pyrrole nitrogens is 1. The van der Waals surface area contributed by atoms with Crippen molar-refractivity contribution in [3.05, 3.63) is 30.0 Å². The minimum Gasteiger partial charge on any atom is -0.393 e. The lowest BCUT2D eigenvalue weighted by Crippen LogP contribution is -2.29. The van der Waals surface area contributed by atoms with E-state index in [0.29, 0.717) is 18.5 Å². The summed E-state index contributed by atoms with van der Waals surface area (Å²) in [6, 6.07) is 5.46. The molecular formula is C13H17N3O2. The Morgan fingerprint density at radius 2 is 2.33 bits per heavy atom. The fourth-order valence-electron chi connectivity index (χ4n) is 1.77. The van der Waals surface area contributed by atoms with E-state index in [0.717, 1.165) is 10.9 Å². The first-order chi connectivity index (χ1) is 8.58. The zero-order valence-corrected chi connectivity index (χ0v) is 10.6. The number of hydrogen-bond donors (Lipinski definition) is 2. The molecule has 0 aliphatic rings. The van der Waals surface area contributed by atoms with Crippen LogP contribution in [-0.2, 0) is 0 Å². The first-order valence-electron chi connectivity index (χ1n) is 5.94. The molecule has 0 fully saturated rings. The van der Waals surface area contributed by atoms with Crippen LogP contribution in [0.3, 0.4) is 0 Å². The first kappa shape index (κ1) is 12.6. The Hall–Kier alpha value is -1.88. The SMILES string of the molecule is CC(O)CCN(C)C(=O)c1ccc2cn[nH]c2c1. The van der Waals surface area contributed by atoms with Crippen LogP contribution < -0.4 is 0 Å². The molecule has 1 heterocycles. The fourth-order valence-corrected chi connectivity index (χ4v) is 1.77. The lowest BCUT2D eigenvalue weighted by Gasteiger charge is -2.18. The maximum atomic E-state index is 12.1. The minimum atomic E-state index is -0.393. The molecule has 5 heteroatoms. The topological polar surface area (TPSA) is 69.2 Å². The van der Waals surface area contributed by atoms with Gasteiger partial charge in [-0.2, -0.15) is 5.10 Å². The van der Waals surface area contributed by atoms with E-state index in [1.165, 1.54) is 0 Å². The van der Waals surface area contributed by atoms with Crippen molar-refractivity contribution >= 4 is 16.8 Å². The normalized spacial score (nSPS) is 12.6. The van der Waals surface area contributed by atoms with Gasteiger partial charge >= 0.3 is 0 Å². The van der Waals surface area contributed by atoms with Crippen molar-refractivity contribution in [3.63, 3.8) is 0 Å². The summed E-state index contributed by atoms with van der Waals surface area (Å²) in [6.45, 7) is 2.26. The van der Waals surface area contributed by atoms with Gasteiger partial charge in [-0.05, 0) is 25.5 Å². The van der Waals surface area contributed by atoms with Crippen LogP contribution in [0.2, 0.25) is 0 Å². The van der Waals surface area contributed by atoms with Crippen LogP contribution in [0.4, 0.5) is 0 Å². The summed E-state index contributed by atoms with van der Waals surface area (Å²) < 4.78 is 0. The number of aliphatic hydroxyl groups excluding tert-OH is 1. The molecule has 0 radical (unpaired) electrons. The molecule has 96 valence electrons. The predicted molar refractivity (Wildman–Crippen MR) is 69.4 cm³/mol. The number of nitrogens with zero attached hydrogens (tertiary/aromatic N) is 2. The maximum absolute atomic E-state index is 12.1. The Labute approximate surface area is 105 Å². The standard InChI is InChI=1S/C13H17N3O2/c1-9(17)5-6-16(2)13(18)10-3-4-11-8-14-15-12(11)7-10/h3-4,7-9,17H,5-6H2,1-2H3,(H,14,15). The van der Waals surface area contributed by atoms with Crippen molar-refractivity contribution < 1.29 is 9.90 Å². The molecule has 1 aromatic carbocycles. The largest absolute Gasteiger partial charge is 0.393 e. The zero-order valence-electron chi connectivity index (χ0n) is 10.6. The summed E-state index contributed by atoms with van der Waals surface area (Å²) in [5, 5.41) is 17.0. The van der Waals surface area contributed by atoms with Gasteiger partial charge in [0.15, 0.2) is 0 Å². The highest BCUT2D eigenvalue weighted by atomic mass is 16.3. The average molecular weight is 247 g/mol. The van der Waals surface area contributed by atoms with E-state index in [1.54, 1.807) is 37.2 Å². The molecule has 0 aliphatic heterocycles. The number of aromatic nitrogens is 2. The number of rotatable bonds is 4. The van der Waals surface area contributed by atoms with Gasteiger partial charge in [-0.1, -0.05) is 6.07 Å². The van der Waals surface area contributed by atoms with E-state index in [4.69, 9.17) is 0 Å².